The molecule has 0 fully saturated rings. The Balaban J connectivity index is 1.54. The maximum absolute atomic E-state index is 4.62. The van der Waals surface area contributed by atoms with Gasteiger partial charge < -0.3 is 10.2 Å². The van der Waals surface area contributed by atoms with Gasteiger partial charge in [-0.25, -0.2) is 0 Å². The van der Waals surface area contributed by atoms with Crippen molar-refractivity contribution in [2.24, 2.45) is 0 Å². The van der Waals surface area contributed by atoms with Crippen LogP contribution in [0.25, 0.3) is 0 Å². The lowest BCUT2D eigenvalue weighted by Crippen LogP contribution is -2.32. The second-order valence-corrected chi connectivity index (χ2v) is 6.63. The number of hydrogen-bond acceptors (Lipinski definition) is 5. The summed E-state index contributed by atoms with van der Waals surface area (Å²) < 4.78 is 1.04. The third-order valence-electron chi connectivity index (χ3n) is 4.08. The number of benzene rings is 2. The lowest BCUT2D eigenvalue weighted by atomic mass is 10.0. The average Bonchev–Trinajstić information content (AvgIpc) is 2.63. The third kappa shape index (κ3) is 3.23. The number of nitrogens with one attached hydrogen (secondary N) is 1. The molecule has 0 bridgehead atoms. The summed E-state index contributed by atoms with van der Waals surface area (Å²) in [5.41, 5.74) is 3.71. The fraction of sp³-hybridized carbons (Fsp3) is 0.167. The standard InChI is InChI=1S/C18H16BrN5/c19-15-5-7-16(8-6-15)21-17-11-20-23-18(22-17)24-10-9-13-3-1-2-4-14(13)12-24/h1-8,11H,9-10,12H2,(H,21,22,23). The van der Waals surface area contributed by atoms with Gasteiger partial charge in [-0.15, -0.1) is 5.10 Å². The van der Waals surface area contributed by atoms with Crippen molar-refractivity contribution < 1.29 is 0 Å². The van der Waals surface area contributed by atoms with Crippen LogP contribution >= 0.6 is 15.9 Å². The van der Waals surface area contributed by atoms with Gasteiger partial charge in [-0.2, -0.15) is 10.1 Å². The van der Waals surface area contributed by atoms with Crippen LogP contribution in [0.2, 0.25) is 0 Å². The molecule has 3 aromatic rings. The first kappa shape index (κ1) is 15.1. The zero-order valence-corrected chi connectivity index (χ0v) is 14.6. The first-order chi connectivity index (χ1) is 11.8. The zero-order chi connectivity index (χ0) is 16.4. The molecule has 0 amide bonds. The summed E-state index contributed by atoms with van der Waals surface area (Å²) in [4.78, 5) is 6.79. The van der Waals surface area contributed by atoms with Gasteiger partial charge in [0.05, 0.1) is 6.20 Å². The van der Waals surface area contributed by atoms with E-state index >= 15 is 0 Å². The Kier molecular flexibility index (Phi) is 4.13. The van der Waals surface area contributed by atoms with Crippen molar-refractivity contribution >= 4 is 33.4 Å². The Morgan fingerprint density at radius 3 is 2.62 bits per heavy atom. The van der Waals surface area contributed by atoms with E-state index in [-0.39, 0.29) is 0 Å². The third-order valence-corrected chi connectivity index (χ3v) is 4.61. The van der Waals surface area contributed by atoms with E-state index in [1.807, 2.05) is 24.3 Å². The maximum atomic E-state index is 4.62. The van der Waals surface area contributed by atoms with Gasteiger partial charge in [0, 0.05) is 23.2 Å². The smallest absolute Gasteiger partial charge is 0.247 e. The molecule has 0 aliphatic carbocycles. The van der Waals surface area contributed by atoms with Crippen LogP contribution in [0, 0.1) is 0 Å². The van der Waals surface area contributed by atoms with Gasteiger partial charge in [0.25, 0.3) is 0 Å². The van der Waals surface area contributed by atoms with Crippen molar-refractivity contribution in [3.8, 4) is 0 Å². The van der Waals surface area contributed by atoms with Crippen molar-refractivity contribution in [3.05, 3.63) is 70.3 Å². The Morgan fingerprint density at radius 1 is 1.00 bits per heavy atom. The summed E-state index contributed by atoms with van der Waals surface area (Å²) in [5.74, 6) is 1.35. The van der Waals surface area contributed by atoms with Crippen molar-refractivity contribution in [2.75, 3.05) is 16.8 Å². The number of anilines is 3. The first-order valence-electron chi connectivity index (χ1n) is 7.82. The quantitative estimate of drug-likeness (QED) is 0.744. The lowest BCUT2D eigenvalue weighted by Gasteiger charge is -2.28. The fourth-order valence-corrected chi connectivity index (χ4v) is 3.10. The fourth-order valence-electron chi connectivity index (χ4n) is 2.84. The van der Waals surface area contributed by atoms with E-state index in [0.717, 1.165) is 29.7 Å². The lowest BCUT2D eigenvalue weighted by molar-refractivity contribution is 0.698. The topological polar surface area (TPSA) is 53.9 Å². The van der Waals surface area contributed by atoms with Gasteiger partial charge >= 0.3 is 0 Å². The molecule has 0 spiro atoms. The molecule has 1 N–H and O–H groups in total. The minimum atomic E-state index is 0.659. The predicted molar refractivity (Wildman–Crippen MR) is 98.4 cm³/mol. The Hall–Kier alpha value is -2.47. The molecule has 0 saturated carbocycles. The SMILES string of the molecule is Brc1ccc(Nc2cnnc(N3CCc4ccccc4C3)n2)cc1. The van der Waals surface area contributed by atoms with E-state index in [1.165, 1.54) is 11.1 Å². The highest BCUT2D eigenvalue weighted by Crippen LogP contribution is 2.23. The molecule has 4 rings (SSSR count). The maximum Gasteiger partial charge on any atom is 0.247 e. The number of aromatic nitrogens is 3. The molecule has 0 saturated heterocycles. The minimum absolute atomic E-state index is 0.659. The Labute approximate surface area is 148 Å². The van der Waals surface area contributed by atoms with Gasteiger partial charge in [0.15, 0.2) is 5.82 Å². The largest absolute Gasteiger partial charge is 0.339 e. The van der Waals surface area contributed by atoms with Crippen LogP contribution < -0.4 is 10.2 Å². The van der Waals surface area contributed by atoms with E-state index in [0.29, 0.717) is 11.8 Å². The summed E-state index contributed by atoms with van der Waals surface area (Å²) in [6.45, 7) is 1.72. The Morgan fingerprint density at radius 2 is 1.79 bits per heavy atom. The molecule has 2 heterocycles. The van der Waals surface area contributed by atoms with Gasteiger partial charge in [-0.05, 0) is 41.8 Å². The minimum Gasteiger partial charge on any atom is -0.339 e. The summed E-state index contributed by atoms with van der Waals surface area (Å²) >= 11 is 3.44. The van der Waals surface area contributed by atoms with Gasteiger partial charge in [-0.3, -0.25) is 0 Å². The summed E-state index contributed by atoms with van der Waals surface area (Å²) in [7, 11) is 0. The Bertz CT molecular complexity index is 850. The molecule has 0 radical (unpaired) electrons. The normalized spacial score (nSPS) is 13.5. The monoisotopic (exact) mass is 381 g/mol. The van der Waals surface area contributed by atoms with Gasteiger partial charge in [-0.1, -0.05) is 40.2 Å². The van der Waals surface area contributed by atoms with E-state index in [1.54, 1.807) is 6.20 Å². The number of nitrogens with zero attached hydrogens (tertiary/aromatic N) is 4. The summed E-state index contributed by atoms with van der Waals surface area (Å²) in [6, 6.07) is 16.5. The molecule has 0 atom stereocenters. The van der Waals surface area contributed by atoms with E-state index in [2.05, 4.69) is 65.6 Å². The molecule has 2 aromatic carbocycles. The van der Waals surface area contributed by atoms with Crippen molar-refractivity contribution in [1.29, 1.82) is 0 Å². The highest BCUT2D eigenvalue weighted by atomic mass is 79.9. The molecule has 1 aliphatic rings. The van der Waals surface area contributed by atoms with E-state index < -0.39 is 0 Å². The highest BCUT2D eigenvalue weighted by Gasteiger charge is 2.18. The van der Waals surface area contributed by atoms with Crippen LogP contribution in [0.1, 0.15) is 11.1 Å². The number of halogens is 1. The molecule has 6 heteroatoms. The molecular weight excluding hydrogens is 366 g/mol. The number of rotatable bonds is 3. The van der Waals surface area contributed by atoms with Gasteiger partial charge in [0.1, 0.15) is 0 Å². The zero-order valence-electron chi connectivity index (χ0n) is 13.0. The molecule has 24 heavy (non-hydrogen) atoms. The summed E-state index contributed by atoms with van der Waals surface area (Å²) in [6.07, 6.45) is 2.65. The van der Waals surface area contributed by atoms with Crippen LogP contribution in [0.15, 0.2) is 59.2 Å². The van der Waals surface area contributed by atoms with E-state index in [4.69, 9.17) is 0 Å². The van der Waals surface area contributed by atoms with Crippen LogP contribution in [-0.4, -0.2) is 21.7 Å². The van der Waals surface area contributed by atoms with Crippen LogP contribution in [0.3, 0.4) is 0 Å². The number of hydrogen-bond donors (Lipinski definition) is 1. The molecule has 120 valence electrons. The average molecular weight is 382 g/mol. The van der Waals surface area contributed by atoms with Crippen LogP contribution in [-0.2, 0) is 13.0 Å². The molecule has 1 aromatic heterocycles. The van der Waals surface area contributed by atoms with Crippen molar-refractivity contribution in [3.63, 3.8) is 0 Å². The van der Waals surface area contributed by atoms with E-state index in [9.17, 15) is 0 Å². The second kappa shape index (κ2) is 6.57. The number of fused-ring (bicyclic) bond motifs is 1. The first-order valence-corrected chi connectivity index (χ1v) is 8.61. The van der Waals surface area contributed by atoms with Gasteiger partial charge in [0.2, 0.25) is 5.95 Å². The molecule has 5 nitrogen and oxygen atoms in total. The highest BCUT2D eigenvalue weighted by molar-refractivity contribution is 9.10. The molecule has 1 aliphatic heterocycles. The van der Waals surface area contributed by atoms with Crippen molar-refractivity contribution in [2.45, 2.75) is 13.0 Å². The predicted octanol–water partition coefficient (Wildman–Crippen LogP) is 3.94. The van der Waals surface area contributed by atoms with Crippen LogP contribution in [0.5, 0.6) is 0 Å². The second-order valence-electron chi connectivity index (χ2n) is 5.71. The van der Waals surface area contributed by atoms with Crippen molar-refractivity contribution in [1.82, 2.24) is 15.2 Å². The van der Waals surface area contributed by atoms with Crippen LogP contribution in [0.4, 0.5) is 17.5 Å². The molecule has 0 unspecified atom stereocenters. The summed E-state index contributed by atoms with van der Waals surface area (Å²) in [5, 5.41) is 11.6. The molecular formula is C18H16BrN5.